The Morgan fingerprint density at radius 1 is 1.38 bits per heavy atom. The second-order valence-corrected chi connectivity index (χ2v) is 6.68. The molecule has 0 aliphatic carbocycles. The number of nitrogens with one attached hydrogen (secondary N) is 1. The van der Waals surface area contributed by atoms with E-state index in [0.717, 1.165) is 43.4 Å². The summed E-state index contributed by atoms with van der Waals surface area (Å²) in [6.07, 6.45) is 3.98. The summed E-state index contributed by atoms with van der Waals surface area (Å²) in [7, 11) is 0. The van der Waals surface area contributed by atoms with E-state index in [1.807, 2.05) is 6.07 Å². The van der Waals surface area contributed by atoms with Gasteiger partial charge in [-0.3, -0.25) is 0 Å². The minimum atomic E-state index is -0.261. The molecule has 1 aromatic carbocycles. The molecule has 2 aromatic rings. The fourth-order valence-corrected chi connectivity index (χ4v) is 3.74. The maximum absolute atomic E-state index is 12.4. The molecule has 1 aromatic heterocycles. The molecule has 21 heavy (non-hydrogen) atoms. The zero-order valence-electron chi connectivity index (χ0n) is 11.7. The molecular formula is C16H17ClN2O2. The fourth-order valence-electron chi connectivity index (χ4n) is 3.57. The van der Waals surface area contributed by atoms with E-state index in [1.54, 1.807) is 18.3 Å². The largest absolute Gasteiger partial charge is 0.461 e. The minimum Gasteiger partial charge on any atom is -0.461 e. The second-order valence-electron chi connectivity index (χ2n) is 6.24. The van der Waals surface area contributed by atoms with Crippen LogP contribution in [0.4, 0.5) is 0 Å². The molecule has 110 valence electrons. The van der Waals surface area contributed by atoms with E-state index in [9.17, 15) is 4.79 Å². The second kappa shape index (κ2) is 4.75. The van der Waals surface area contributed by atoms with Crippen LogP contribution in [0.25, 0.3) is 10.9 Å². The number of halogens is 1. The smallest absolute Gasteiger partial charge is 0.340 e. The number of carbonyl (C=O) groups is 1. The summed E-state index contributed by atoms with van der Waals surface area (Å²) in [5, 5.41) is 1.45. The van der Waals surface area contributed by atoms with Crippen LogP contribution in [-0.2, 0) is 4.74 Å². The van der Waals surface area contributed by atoms with Crippen LogP contribution in [0.15, 0.2) is 24.4 Å². The highest BCUT2D eigenvalue weighted by Gasteiger charge is 2.44. The number of benzene rings is 1. The van der Waals surface area contributed by atoms with Crippen molar-refractivity contribution in [1.82, 2.24) is 9.88 Å². The van der Waals surface area contributed by atoms with E-state index < -0.39 is 0 Å². The average Bonchev–Trinajstić information content (AvgIpc) is 3.18. The molecule has 0 unspecified atom stereocenters. The Hall–Kier alpha value is -1.52. The van der Waals surface area contributed by atoms with Gasteiger partial charge in [-0.25, -0.2) is 4.79 Å². The van der Waals surface area contributed by atoms with E-state index in [0.29, 0.717) is 17.2 Å². The standard InChI is InChI=1S/C16H17ClN2O2/c17-11-1-2-14-12(7-11)13(8-18-14)15(20)21-10-16-3-5-19(9-16)6-4-16/h1-2,7-8,18H,3-6,9-10H2. The average molecular weight is 305 g/mol. The van der Waals surface area contributed by atoms with Gasteiger partial charge in [0, 0.05) is 34.1 Å². The van der Waals surface area contributed by atoms with Gasteiger partial charge in [0.1, 0.15) is 0 Å². The van der Waals surface area contributed by atoms with Gasteiger partial charge >= 0.3 is 5.97 Å². The van der Waals surface area contributed by atoms with Crippen LogP contribution < -0.4 is 0 Å². The summed E-state index contributed by atoms with van der Waals surface area (Å²) >= 11 is 6.01. The Morgan fingerprint density at radius 3 is 2.90 bits per heavy atom. The topological polar surface area (TPSA) is 45.3 Å². The molecule has 0 radical (unpaired) electrons. The number of nitrogens with zero attached hydrogens (tertiary/aromatic N) is 1. The number of carbonyl (C=O) groups excluding carboxylic acids is 1. The Bertz CT molecular complexity index is 701. The summed E-state index contributed by atoms with van der Waals surface area (Å²) in [5.74, 6) is -0.261. The van der Waals surface area contributed by atoms with Gasteiger partial charge in [0.15, 0.2) is 0 Å². The van der Waals surface area contributed by atoms with Gasteiger partial charge in [-0.2, -0.15) is 0 Å². The summed E-state index contributed by atoms with van der Waals surface area (Å²) in [6, 6.07) is 5.48. The number of esters is 1. The first-order valence-corrected chi connectivity index (χ1v) is 7.69. The lowest BCUT2D eigenvalue weighted by Gasteiger charge is -2.24. The number of aromatic amines is 1. The summed E-state index contributed by atoms with van der Waals surface area (Å²) in [5.41, 5.74) is 1.66. The van der Waals surface area contributed by atoms with Crippen LogP contribution >= 0.6 is 11.6 Å². The van der Waals surface area contributed by atoms with Crippen molar-refractivity contribution in [2.75, 3.05) is 26.2 Å². The van der Waals surface area contributed by atoms with Crippen molar-refractivity contribution in [2.45, 2.75) is 12.8 Å². The lowest BCUT2D eigenvalue weighted by molar-refractivity contribution is 0.0326. The van der Waals surface area contributed by atoms with Crippen LogP contribution in [-0.4, -0.2) is 42.1 Å². The molecular weight excluding hydrogens is 288 g/mol. The third-order valence-electron chi connectivity index (χ3n) is 4.85. The molecule has 2 saturated heterocycles. The minimum absolute atomic E-state index is 0.194. The predicted molar refractivity (Wildman–Crippen MR) is 81.7 cm³/mol. The quantitative estimate of drug-likeness (QED) is 0.886. The maximum atomic E-state index is 12.4. The van der Waals surface area contributed by atoms with E-state index in [2.05, 4.69) is 9.88 Å². The molecule has 4 nitrogen and oxygen atoms in total. The summed E-state index contributed by atoms with van der Waals surface area (Å²) in [4.78, 5) is 17.9. The van der Waals surface area contributed by atoms with Gasteiger partial charge in [0.05, 0.1) is 12.2 Å². The van der Waals surface area contributed by atoms with Gasteiger partial charge < -0.3 is 14.6 Å². The van der Waals surface area contributed by atoms with Gasteiger partial charge in [0.25, 0.3) is 0 Å². The number of fused-ring (bicyclic) bond motifs is 3. The molecule has 2 bridgehead atoms. The van der Waals surface area contributed by atoms with Crippen molar-refractivity contribution < 1.29 is 9.53 Å². The van der Waals surface area contributed by atoms with Gasteiger partial charge in [-0.15, -0.1) is 0 Å². The molecule has 0 amide bonds. The summed E-state index contributed by atoms with van der Waals surface area (Å²) in [6.45, 7) is 3.87. The molecule has 2 fully saturated rings. The third-order valence-corrected chi connectivity index (χ3v) is 5.08. The molecule has 4 rings (SSSR count). The van der Waals surface area contributed by atoms with Crippen LogP contribution in [0.5, 0.6) is 0 Å². The van der Waals surface area contributed by atoms with Crippen molar-refractivity contribution in [2.24, 2.45) is 5.41 Å². The zero-order chi connectivity index (χ0) is 14.4. The van der Waals surface area contributed by atoms with Crippen molar-refractivity contribution in [1.29, 1.82) is 0 Å². The van der Waals surface area contributed by atoms with E-state index >= 15 is 0 Å². The van der Waals surface area contributed by atoms with Crippen LogP contribution in [0, 0.1) is 5.41 Å². The number of aromatic nitrogens is 1. The van der Waals surface area contributed by atoms with Crippen molar-refractivity contribution in [3.05, 3.63) is 35.0 Å². The third kappa shape index (κ3) is 2.23. The highest BCUT2D eigenvalue weighted by Crippen LogP contribution is 2.40. The monoisotopic (exact) mass is 304 g/mol. The van der Waals surface area contributed by atoms with Crippen molar-refractivity contribution >= 4 is 28.5 Å². The predicted octanol–water partition coefficient (Wildman–Crippen LogP) is 3.07. The molecule has 2 aliphatic rings. The Labute approximate surface area is 128 Å². The molecule has 2 aliphatic heterocycles. The molecule has 0 spiro atoms. The molecule has 0 atom stereocenters. The number of piperidine rings is 1. The number of hydrogen-bond donors (Lipinski definition) is 1. The highest BCUT2D eigenvalue weighted by molar-refractivity contribution is 6.31. The van der Waals surface area contributed by atoms with E-state index in [4.69, 9.17) is 16.3 Å². The van der Waals surface area contributed by atoms with Crippen LogP contribution in [0.1, 0.15) is 23.2 Å². The molecule has 1 N–H and O–H groups in total. The van der Waals surface area contributed by atoms with Gasteiger partial charge in [-0.1, -0.05) is 11.6 Å². The first-order valence-electron chi connectivity index (χ1n) is 7.31. The fraction of sp³-hybridized carbons (Fsp3) is 0.438. The molecule has 5 heteroatoms. The lowest BCUT2D eigenvalue weighted by Crippen LogP contribution is -2.27. The highest BCUT2D eigenvalue weighted by atomic mass is 35.5. The van der Waals surface area contributed by atoms with Crippen molar-refractivity contribution in [3.8, 4) is 0 Å². The Kier molecular flexibility index (Phi) is 2.98. The Morgan fingerprint density at radius 2 is 2.19 bits per heavy atom. The maximum Gasteiger partial charge on any atom is 0.340 e. The number of ether oxygens (including phenoxy) is 1. The number of H-pyrrole nitrogens is 1. The zero-order valence-corrected chi connectivity index (χ0v) is 12.4. The van der Waals surface area contributed by atoms with E-state index in [1.165, 1.54) is 0 Å². The first-order chi connectivity index (χ1) is 10.2. The summed E-state index contributed by atoms with van der Waals surface area (Å²) < 4.78 is 5.61. The first kappa shape index (κ1) is 13.2. The lowest BCUT2D eigenvalue weighted by atomic mass is 9.86. The molecule has 3 heterocycles. The normalized spacial score (nSPS) is 27.4. The van der Waals surface area contributed by atoms with Crippen LogP contribution in [0.2, 0.25) is 5.02 Å². The van der Waals surface area contributed by atoms with Crippen molar-refractivity contribution in [3.63, 3.8) is 0 Å². The van der Waals surface area contributed by atoms with Gasteiger partial charge in [-0.05, 0) is 44.1 Å². The van der Waals surface area contributed by atoms with Gasteiger partial charge in [0.2, 0.25) is 0 Å². The van der Waals surface area contributed by atoms with Crippen LogP contribution in [0.3, 0.4) is 0 Å². The number of rotatable bonds is 3. The van der Waals surface area contributed by atoms with E-state index in [-0.39, 0.29) is 11.4 Å². The Balaban J connectivity index is 1.52. The number of hydrogen-bond acceptors (Lipinski definition) is 3. The SMILES string of the molecule is O=C(OCC12CCN(CC1)C2)c1c[nH]c2ccc(Cl)cc12. The molecule has 0 saturated carbocycles.